The molecular weight excluding hydrogens is 461 g/mol. The summed E-state index contributed by atoms with van der Waals surface area (Å²) >= 11 is 5.72. The molecule has 4 aromatic rings. The van der Waals surface area contributed by atoms with E-state index in [9.17, 15) is 9.18 Å². The van der Waals surface area contributed by atoms with Gasteiger partial charge in [-0.2, -0.15) is 0 Å². The fourth-order valence-electron chi connectivity index (χ4n) is 4.42. The van der Waals surface area contributed by atoms with Gasteiger partial charge in [0.2, 0.25) is 5.91 Å². The number of pyridine rings is 1. The van der Waals surface area contributed by atoms with Crippen molar-refractivity contribution in [1.82, 2.24) is 19.8 Å². The highest BCUT2D eigenvalue weighted by molar-refractivity contribution is 7.80. The number of nitrogens with one attached hydrogen (secondary N) is 2. The van der Waals surface area contributed by atoms with Gasteiger partial charge in [-0.1, -0.05) is 36.4 Å². The highest BCUT2D eigenvalue weighted by Gasteiger charge is 2.41. The summed E-state index contributed by atoms with van der Waals surface area (Å²) in [5.74, 6) is -0.746. The number of anilines is 1. The van der Waals surface area contributed by atoms with E-state index in [0.717, 1.165) is 17.1 Å². The summed E-state index contributed by atoms with van der Waals surface area (Å²) in [5.41, 5.74) is 3.08. The first-order valence-corrected chi connectivity index (χ1v) is 11.8. The number of para-hydroxylation sites is 2. The van der Waals surface area contributed by atoms with E-state index in [1.165, 1.54) is 6.07 Å². The standard InChI is InChI=1S/C27H24FN5OS/c28-20-11-4-5-12-21(20)30-24(34)15-18-33-26(25(31-27(33)35)22-13-6-7-16-29-22)23-14-8-17-32(23)19-9-2-1-3-10-19/h1-14,16-17,25-26H,15,18H2,(H,30,34)(H,31,35)/t25-,26-/m1/s1. The number of nitrogens with zero attached hydrogens (tertiary/aromatic N) is 3. The van der Waals surface area contributed by atoms with Crippen molar-refractivity contribution in [3.8, 4) is 5.69 Å². The third kappa shape index (κ3) is 4.79. The number of aromatic nitrogens is 2. The summed E-state index contributed by atoms with van der Waals surface area (Å²) in [5, 5.41) is 6.61. The molecule has 2 N–H and O–H groups in total. The van der Waals surface area contributed by atoms with Gasteiger partial charge in [0.1, 0.15) is 5.82 Å². The molecular formula is C27H24FN5OS. The Morgan fingerprint density at radius 2 is 1.77 bits per heavy atom. The summed E-state index contributed by atoms with van der Waals surface area (Å²) in [6, 6.07) is 25.7. The smallest absolute Gasteiger partial charge is 0.226 e. The zero-order valence-electron chi connectivity index (χ0n) is 18.8. The molecule has 1 saturated heterocycles. The largest absolute Gasteiger partial charge is 0.352 e. The monoisotopic (exact) mass is 485 g/mol. The van der Waals surface area contributed by atoms with Gasteiger partial charge in [-0.05, 0) is 60.7 Å². The quantitative estimate of drug-likeness (QED) is 0.360. The number of hydrogen-bond donors (Lipinski definition) is 2. The summed E-state index contributed by atoms with van der Waals surface area (Å²) < 4.78 is 16.1. The van der Waals surface area contributed by atoms with Crippen LogP contribution in [-0.2, 0) is 4.79 Å². The van der Waals surface area contributed by atoms with Crippen LogP contribution >= 0.6 is 12.2 Å². The third-order valence-corrected chi connectivity index (χ3v) is 6.40. The Kier molecular flexibility index (Phi) is 6.54. The molecule has 0 unspecified atom stereocenters. The molecule has 0 aliphatic carbocycles. The van der Waals surface area contributed by atoms with E-state index in [0.29, 0.717) is 11.7 Å². The first-order valence-electron chi connectivity index (χ1n) is 11.4. The highest BCUT2D eigenvalue weighted by Crippen LogP contribution is 2.39. The van der Waals surface area contributed by atoms with Gasteiger partial charge < -0.3 is 20.1 Å². The first kappa shape index (κ1) is 22.7. The van der Waals surface area contributed by atoms with E-state index in [1.54, 1.807) is 24.4 Å². The lowest BCUT2D eigenvalue weighted by atomic mass is 10.0. The Labute approximate surface area is 208 Å². The van der Waals surface area contributed by atoms with Crippen molar-refractivity contribution >= 4 is 28.9 Å². The predicted octanol–water partition coefficient (Wildman–Crippen LogP) is 5.01. The molecule has 1 amide bonds. The topological polar surface area (TPSA) is 62.2 Å². The average Bonchev–Trinajstić information content (AvgIpc) is 3.49. The number of rotatable bonds is 7. The summed E-state index contributed by atoms with van der Waals surface area (Å²) in [4.78, 5) is 19.3. The van der Waals surface area contributed by atoms with Crippen LogP contribution in [0.3, 0.4) is 0 Å². The SMILES string of the molecule is O=C(CCN1C(=S)N[C@H](c2ccccn2)[C@H]1c1cccn1-c1ccccc1)Nc1ccccc1F. The second-order valence-electron chi connectivity index (χ2n) is 8.24. The van der Waals surface area contributed by atoms with Crippen molar-refractivity contribution in [1.29, 1.82) is 0 Å². The molecule has 2 aromatic heterocycles. The Morgan fingerprint density at radius 3 is 2.54 bits per heavy atom. The number of amides is 1. The van der Waals surface area contributed by atoms with Crippen LogP contribution in [0.4, 0.5) is 10.1 Å². The number of carbonyl (C=O) groups is 1. The number of halogens is 1. The van der Waals surface area contributed by atoms with E-state index in [1.807, 2.05) is 65.7 Å². The first-order chi connectivity index (χ1) is 17.1. The van der Waals surface area contributed by atoms with Crippen LogP contribution in [0.1, 0.15) is 29.9 Å². The Hall–Kier alpha value is -4.04. The molecule has 5 rings (SSSR count). The predicted molar refractivity (Wildman–Crippen MR) is 138 cm³/mol. The maximum Gasteiger partial charge on any atom is 0.226 e. The molecule has 1 aliphatic heterocycles. The Balaban J connectivity index is 1.44. The normalized spacial score (nSPS) is 17.3. The van der Waals surface area contributed by atoms with Crippen molar-refractivity contribution in [2.45, 2.75) is 18.5 Å². The number of hydrogen-bond acceptors (Lipinski definition) is 3. The minimum Gasteiger partial charge on any atom is -0.352 e. The van der Waals surface area contributed by atoms with Crippen molar-refractivity contribution in [3.05, 3.63) is 115 Å². The fraction of sp³-hybridized carbons (Fsp3) is 0.148. The minimum absolute atomic E-state index is 0.146. The van der Waals surface area contributed by atoms with Crippen molar-refractivity contribution < 1.29 is 9.18 Å². The van der Waals surface area contributed by atoms with Gasteiger partial charge in [-0.15, -0.1) is 0 Å². The summed E-state index contributed by atoms with van der Waals surface area (Å²) in [6.07, 6.45) is 3.93. The number of thiocarbonyl (C=S) groups is 1. The van der Waals surface area contributed by atoms with Crippen LogP contribution in [0.5, 0.6) is 0 Å². The van der Waals surface area contributed by atoms with Gasteiger partial charge >= 0.3 is 0 Å². The van der Waals surface area contributed by atoms with E-state index in [4.69, 9.17) is 12.2 Å². The number of benzene rings is 2. The van der Waals surface area contributed by atoms with Gasteiger partial charge in [0.05, 0.1) is 23.5 Å². The minimum atomic E-state index is -0.465. The lowest BCUT2D eigenvalue weighted by Gasteiger charge is -2.28. The zero-order valence-corrected chi connectivity index (χ0v) is 19.7. The average molecular weight is 486 g/mol. The molecule has 0 saturated carbocycles. The molecule has 0 radical (unpaired) electrons. The van der Waals surface area contributed by atoms with Crippen LogP contribution in [0, 0.1) is 5.82 Å². The van der Waals surface area contributed by atoms with Gasteiger partial charge in [0.25, 0.3) is 0 Å². The highest BCUT2D eigenvalue weighted by atomic mass is 32.1. The van der Waals surface area contributed by atoms with E-state index >= 15 is 0 Å². The maximum absolute atomic E-state index is 14.0. The van der Waals surface area contributed by atoms with Gasteiger partial charge in [0.15, 0.2) is 5.11 Å². The van der Waals surface area contributed by atoms with Crippen molar-refractivity contribution in [2.75, 3.05) is 11.9 Å². The van der Waals surface area contributed by atoms with Gasteiger partial charge in [0, 0.05) is 36.7 Å². The lowest BCUT2D eigenvalue weighted by molar-refractivity contribution is -0.116. The molecule has 2 atom stereocenters. The molecule has 0 spiro atoms. The maximum atomic E-state index is 14.0. The second-order valence-corrected chi connectivity index (χ2v) is 8.62. The molecule has 1 fully saturated rings. The van der Waals surface area contributed by atoms with Crippen LogP contribution < -0.4 is 10.6 Å². The third-order valence-electron chi connectivity index (χ3n) is 6.04. The molecule has 0 bridgehead atoms. The van der Waals surface area contributed by atoms with Crippen molar-refractivity contribution in [3.63, 3.8) is 0 Å². The van der Waals surface area contributed by atoms with Crippen LogP contribution in [0.25, 0.3) is 5.69 Å². The second kappa shape index (κ2) is 10.1. The molecule has 6 nitrogen and oxygen atoms in total. The molecule has 35 heavy (non-hydrogen) atoms. The van der Waals surface area contributed by atoms with Gasteiger partial charge in [-0.3, -0.25) is 9.78 Å². The lowest BCUT2D eigenvalue weighted by Crippen LogP contribution is -2.33. The Morgan fingerprint density at radius 1 is 1.00 bits per heavy atom. The summed E-state index contributed by atoms with van der Waals surface area (Å²) in [6.45, 7) is 0.361. The molecule has 2 aromatic carbocycles. The summed E-state index contributed by atoms with van der Waals surface area (Å²) in [7, 11) is 0. The molecule has 3 heterocycles. The van der Waals surface area contributed by atoms with E-state index in [2.05, 4.69) is 26.3 Å². The number of carbonyl (C=O) groups excluding carboxylic acids is 1. The van der Waals surface area contributed by atoms with Gasteiger partial charge in [-0.25, -0.2) is 4.39 Å². The fourth-order valence-corrected chi connectivity index (χ4v) is 4.76. The molecule has 1 aliphatic rings. The zero-order chi connectivity index (χ0) is 24.2. The van der Waals surface area contributed by atoms with Crippen LogP contribution in [-0.4, -0.2) is 32.0 Å². The van der Waals surface area contributed by atoms with Crippen LogP contribution in [0.15, 0.2) is 97.3 Å². The molecule has 8 heteroatoms. The van der Waals surface area contributed by atoms with E-state index in [-0.39, 0.29) is 30.1 Å². The molecule has 176 valence electrons. The van der Waals surface area contributed by atoms with Crippen LogP contribution in [0.2, 0.25) is 0 Å². The van der Waals surface area contributed by atoms with Crippen molar-refractivity contribution in [2.24, 2.45) is 0 Å². The Bertz CT molecular complexity index is 1330. The van der Waals surface area contributed by atoms with E-state index < -0.39 is 5.82 Å².